The van der Waals surface area contributed by atoms with Crippen molar-refractivity contribution in [1.29, 1.82) is 5.26 Å². The summed E-state index contributed by atoms with van der Waals surface area (Å²) in [6.45, 7) is 3.50. The molecule has 1 amide bonds. The second-order valence-electron chi connectivity index (χ2n) is 4.97. The van der Waals surface area contributed by atoms with Crippen LogP contribution < -0.4 is 5.32 Å². The minimum absolute atomic E-state index is 0.0363. The van der Waals surface area contributed by atoms with Gasteiger partial charge in [0.25, 0.3) is 0 Å². The fourth-order valence-electron chi connectivity index (χ4n) is 1.93. The number of nitriles is 1. The minimum Gasteiger partial charge on any atom is -0.378 e. The first-order valence-electron chi connectivity index (χ1n) is 6.34. The molecule has 1 fully saturated rings. The first kappa shape index (κ1) is 16.7. The minimum atomic E-state index is -4.59. The van der Waals surface area contributed by atoms with Gasteiger partial charge in [-0.05, 0) is 13.8 Å². The topological polar surface area (TPSA) is 65.4 Å². The van der Waals surface area contributed by atoms with Gasteiger partial charge in [-0.1, -0.05) is 0 Å². The Kier molecular flexibility index (Phi) is 5.77. The van der Waals surface area contributed by atoms with Crippen LogP contribution in [0.15, 0.2) is 0 Å². The molecule has 1 aliphatic rings. The first-order valence-corrected chi connectivity index (χ1v) is 6.34. The maximum absolute atomic E-state index is 12.6. The Morgan fingerprint density at radius 1 is 1.55 bits per heavy atom. The van der Waals surface area contributed by atoms with Gasteiger partial charge in [0, 0.05) is 19.1 Å². The third-order valence-electron chi connectivity index (χ3n) is 2.94. The number of morpholine rings is 1. The molecule has 0 aromatic heterocycles. The molecule has 0 radical (unpaired) electrons. The van der Waals surface area contributed by atoms with Crippen molar-refractivity contribution in [2.45, 2.75) is 32.1 Å². The highest BCUT2D eigenvalue weighted by Gasteiger charge is 2.43. The lowest BCUT2D eigenvalue weighted by Crippen LogP contribution is -2.56. The number of carbonyl (C=O) groups excluding carboxylic acids is 1. The lowest BCUT2D eigenvalue weighted by Gasteiger charge is -2.36. The zero-order valence-electron chi connectivity index (χ0n) is 11.4. The van der Waals surface area contributed by atoms with Gasteiger partial charge in [0.15, 0.2) is 5.92 Å². The molecule has 0 saturated carbocycles. The van der Waals surface area contributed by atoms with E-state index < -0.39 is 24.7 Å². The van der Waals surface area contributed by atoms with Crippen LogP contribution in [0.5, 0.6) is 0 Å². The second kappa shape index (κ2) is 6.90. The highest BCUT2D eigenvalue weighted by molar-refractivity contribution is 5.82. The Bertz CT molecular complexity index is 379. The predicted molar refractivity (Wildman–Crippen MR) is 64.6 cm³/mol. The standard InChI is InChI=1S/C12H18F3N3O2/c1-8(2)17-11(19)10-7-20-4-3-18(10)6-9(5-16)12(13,14)15/h8-10H,3-4,6-7H2,1-2H3,(H,17,19). The van der Waals surface area contributed by atoms with Crippen LogP contribution in [-0.2, 0) is 9.53 Å². The van der Waals surface area contributed by atoms with Crippen molar-refractivity contribution in [2.75, 3.05) is 26.3 Å². The molecule has 1 N–H and O–H groups in total. The number of hydrogen-bond acceptors (Lipinski definition) is 4. The van der Waals surface area contributed by atoms with E-state index in [1.807, 2.05) is 0 Å². The molecule has 0 aromatic carbocycles. The number of alkyl halides is 3. The SMILES string of the molecule is CC(C)NC(=O)C1COCCN1CC(C#N)C(F)(F)F. The average molecular weight is 293 g/mol. The second-order valence-corrected chi connectivity index (χ2v) is 4.97. The number of nitrogens with zero attached hydrogens (tertiary/aromatic N) is 2. The third kappa shape index (κ3) is 4.65. The smallest absolute Gasteiger partial charge is 0.378 e. The Balaban J connectivity index is 2.74. The monoisotopic (exact) mass is 293 g/mol. The third-order valence-corrected chi connectivity index (χ3v) is 2.94. The van der Waals surface area contributed by atoms with E-state index >= 15 is 0 Å². The van der Waals surface area contributed by atoms with Gasteiger partial charge in [-0.25, -0.2) is 0 Å². The molecular weight excluding hydrogens is 275 g/mol. The van der Waals surface area contributed by atoms with Crippen LogP contribution in [0.4, 0.5) is 13.2 Å². The van der Waals surface area contributed by atoms with E-state index in [-0.39, 0.29) is 31.7 Å². The molecule has 0 bridgehead atoms. The number of amides is 1. The maximum atomic E-state index is 12.6. The van der Waals surface area contributed by atoms with Crippen LogP contribution in [0.1, 0.15) is 13.8 Å². The molecule has 0 aliphatic carbocycles. The lowest BCUT2D eigenvalue weighted by molar-refractivity contribution is -0.169. The maximum Gasteiger partial charge on any atom is 0.405 e. The number of nitrogens with one attached hydrogen (secondary N) is 1. The van der Waals surface area contributed by atoms with E-state index in [1.54, 1.807) is 13.8 Å². The molecule has 114 valence electrons. The van der Waals surface area contributed by atoms with Crippen molar-refractivity contribution in [1.82, 2.24) is 10.2 Å². The summed E-state index contributed by atoms with van der Waals surface area (Å²) in [5.74, 6) is -2.48. The summed E-state index contributed by atoms with van der Waals surface area (Å²) in [5.41, 5.74) is 0. The molecule has 0 aromatic rings. The van der Waals surface area contributed by atoms with Crippen LogP contribution in [0.25, 0.3) is 0 Å². The van der Waals surface area contributed by atoms with Gasteiger partial charge in [0.05, 0.1) is 19.3 Å². The molecule has 1 heterocycles. The van der Waals surface area contributed by atoms with Crippen LogP contribution in [0.2, 0.25) is 0 Å². The molecule has 2 atom stereocenters. The van der Waals surface area contributed by atoms with E-state index in [2.05, 4.69) is 5.32 Å². The van der Waals surface area contributed by atoms with Crippen molar-refractivity contribution in [3.63, 3.8) is 0 Å². The number of rotatable bonds is 4. The lowest BCUT2D eigenvalue weighted by atomic mass is 10.1. The number of hydrogen-bond donors (Lipinski definition) is 1. The summed E-state index contributed by atoms with van der Waals surface area (Å²) in [6.07, 6.45) is -4.59. The summed E-state index contributed by atoms with van der Waals surface area (Å²) in [4.78, 5) is 13.3. The Hall–Kier alpha value is -1.33. The molecular formula is C12H18F3N3O2. The highest BCUT2D eigenvalue weighted by Crippen LogP contribution is 2.27. The zero-order chi connectivity index (χ0) is 15.3. The molecule has 0 spiro atoms. The normalized spacial score (nSPS) is 22.4. The van der Waals surface area contributed by atoms with E-state index in [0.29, 0.717) is 0 Å². The van der Waals surface area contributed by atoms with Crippen LogP contribution in [-0.4, -0.2) is 55.4 Å². The van der Waals surface area contributed by atoms with Crippen molar-refractivity contribution in [2.24, 2.45) is 5.92 Å². The van der Waals surface area contributed by atoms with Gasteiger partial charge >= 0.3 is 6.18 Å². The van der Waals surface area contributed by atoms with Crippen molar-refractivity contribution in [3.8, 4) is 6.07 Å². The molecule has 8 heteroatoms. The van der Waals surface area contributed by atoms with Crippen molar-refractivity contribution < 1.29 is 22.7 Å². The summed E-state index contributed by atoms with van der Waals surface area (Å²) in [5, 5.41) is 11.3. The van der Waals surface area contributed by atoms with Crippen LogP contribution >= 0.6 is 0 Å². The number of ether oxygens (including phenoxy) is 1. The van der Waals surface area contributed by atoms with Crippen molar-refractivity contribution in [3.05, 3.63) is 0 Å². The van der Waals surface area contributed by atoms with E-state index in [1.165, 1.54) is 11.0 Å². The number of halogens is 3. The highest BCUT2D eigenvalue weighted by atomic mass is 19.4. The zero-order valence-corrected chi connectivity index (χ0v) is 11.4. The van der Waals surface area contributed by atoms with Gasteiger partial charge in [0.1, 0.15) is 6.04 Å². The molecule has 1 rings (SSSR count). The molecule has 5 nitrogen and oxygen atoms in total. The van der Waals surface area contributed by atoms with E-state index in [4.69, 9.17) is 10.00 Å². The average Bonchev–Trinajstić information content (AvgIpc) is 2.34. The molecule has 1 saturated heterocycles. The molecule has 1 aliphatic heterocycles. The molecule has 20 heavy (non-hydrogen) atoms. The summed E-state index contributed by atoms with van der Waals surface area (Å²) in [6, 6.07) is 0.352. The Morgan fingerprint density at radius 3 is 2.70 bits per heavy atom. The van der Waals surface area contributed by atoms with E-state index in [9.17, 15) is 18.0 Å². The summed E-state index contributed by atoms with van der Waals surface area (Å²) < 4.78 is 43.0. The largest absolute Gasteiger partial charge is 0.405 e. The Labute approximate surface area is 115 Å². The summed E-state index contributed by atoms with van der Waals surface area (Å²) >= 11 is 0. The predicted octanol–water partition coefficient (Wildman–Crippen LogP) is 0.914. The fourth-order valence-corrected chi connectivity index (χ4v) is 1.93. The van der Waals surface area contributed by atoms with Gasteiger partial charge < -0.3 is 10.1 Å². The molecule has 2 unspecified atom stereocenters. The van der Waals surface area contributed by atoms with Gasteiger partial charge in [-0.2, -0.15) is 18.4 Å². The Morgan fingerprint density at radius 2 is 2.20 bits per heavy atom. The van der Waals surface area contributed by atoms with Crippen molar-refractivity contribution >= 4 is 5.91 Å². The van der Waals surface area contributed by atoms with Crippen LogP contribution in [0.3, 0.4) is 0 Å². The fraction of sp³-hybridized carbons (Fsp3) is 0.833. The van der Waals surface area contributed by atoms with Gasteiger partial charge in [-0.15, -0.1) is 0 Å². The number of carbonyl (C=O) groups is 1. The van der Waals surface area contributed by atoms with Crippen LogP contribution in [0, 0.1) is 17.2 Å². The van der Waals surface area contributed by atoms with Gasteiger partial charge in [0.2, 0.25) is 5.91 Å². The quantitative estimate of drug-likeness (QED) is 0.837. The van der Waals surface area contributed by atoms with Gasteiger partial charge in [-0.3, -0.25) is 9.69 Å². The van der Waals surface area contributed by atoms with E-state index in [0.717, 1.165) is 0 Å². The first-order chi connectivity index (χ1) is 9.25. The summed E-state index contributed by atoms with van der Waals surface area (Å²) in [7, 11) is 0.